The molecule has 6 nitrogen and oxygen atoms in total. The number of rotatable bonds is 0. The summed E-state index contributed by atoms with van der Waals surface area (Å²) in [4.78, 5) is -0.338. The Bertz CT molecular complexity index is 565. The SMILES string of the molecule is CC1(C)COS(=O)(=O)C2=C1S(=O)(=O)OCC2(C)C. The molecule has 18 heavy (non-hydrogen) atoms. The molecule has 0 aromatic heterocycles. The van der Waals surface area contributed by atoms with Gasteiger partial charge in [-0.05, 0) is 0 Å². The van der Waals surface area contributed by atoms with Crippen LogP contribution in [-0.4, -0.2) is 30.0 Å². The summed E-state index contributed by atoms with van der Waals surface area (Å²) in [5.74, 6) is 0. The van der Waals surface area contributed by atoms with Crippen LogP contribution < -0.4 is 0 Å². The lowest BCUT2D eigenvalue weighted by Crippen LogP contribution is -2.45. The molecule has 2 aliphatic rings. The normalized spacial score (nSPS) is 31.8. The standard InChI is InChI=1S/C10H16O6S2/c1-9(2)5-15-18(13,14)8-7(9)17(11,12)16-6-10(8,3)4/h5-6H2,1-4H3. The highest BCUT2D eigenvalue weighted by atomic mass is 32.2. The fourth-order valence-electron chi connectivity index (χ4n) is 2.22. The summed E-state index contributed by atoms with van der Waals surface area (Å²) < 4.78 is 57.8. The highest BCUT2D eigenvalue weighted by Crippen LogP contribution is 2.50. The smallest absolute Gasteiger partial charge is 0.266 e. The van der Waals surface area contributed by atoms with E-state index in [1.165, 1.54) is 0 Å². The Balaban J connectivity index is 2.92. The van der Waals surface area contributed by atoms with E-state index in [9.17, 15) is 16.8 Å². The van der Waals surface area contributed by atoms with Crippen LogP contribution in [0.2, 0.25) is 0 Å². The Kier molecular flexibility index (Phi) is 2.76. The zero-order chi connectivity index (χ0) is 14.0. The summed E-state index contributed by atoms with van der Waals surface area (Å²) >= 11 is 0. The molecule has 104 valence electrons. The van der Waals surface area contributed by atoms with Crippen molar-refractivity contribution < 1.29 is 25.2 Å². The minimum absolute atomic E-state index is 0.169. The molecule has 0 saturated carbocycles. The van der Waals surface area contributed by atoms with Crippen LogP contribution in [0.1, 0.15) is 27.7 Å². The Hall–Kier alpha value is -0.440. The van der Waals surface area contributed by atoms with Crippen molar-refractivity contribution in [2.75, 3.05) is 13.2 Å². The monoisotopic (exact) mass is 296 g/mol. The largest absolute Gasteiger partial charge is 0.294 e. The second-order valence-corrected chi connectivity index (χ2v) is 8.96. The maximum Gasteiger partial charge on any atom is 0.294 e. The summed E-state index contributed by atoms with van der Waals surface area (Å²) in [6.07, 6.45) is 0. The van der Waals surface area contributed by atoms with Crippen molar-refractivity contribution in [2.24, 2.45) is 10.8 Å². The summed E-state index contributed by atoms with van der Waals surface area (Å²) in [7, 11) is -8.03. The van der Waals surface area contributed by atoms with Crippen LogP contribution in [0.15, 0.2) is 9.81 Å². The lowest BCUT2D eigenvalue weighted by molar-refractivity contribution is 0.166. The van der Waals surface area contributed by atoms with Gasteiger partial charge in [-0.1, -0.05) is 27.7 Å². The molecule has 2 heterocycles. The molecule has 8 heteroatoms. The van der Waals surface area contributed by atoms with Crippen molar-refractivity contribution in [1.82, 2.24) is 0 Å². The van der Waals surface area contributed by atoms with Crippen LogP contribution >= 0.6 is 0 Å². The molecule has 0 amide bonds. The van der Waals surface area contributed by atoms with Crippen LogP contribution in [0.25, 0.3) is 0 Å². The predicted octanol–water partition coefficient (Wildman–Crippen LogP) is 0.970. The topological polar surface area (TPSA) is 86.7 Å². The lowest BCUT2D eigenvalue weighted by atomic mass is 9.86. The Morgan fingerprint density at radius 3 is 1.33 bits per heavy atom. The number of hydrogen-bond acceptors (Lipinski definition) is 6. The van der Waals surface area contributed by atoms with Crippen molar-refractivity contribution in [3.8, 4) is 0 Å². The van der Waals surface area contributed by atoms with E-state index < -0.39 is 31.1 Å². The molecule has 0 spiro atoms. The van der Waals surface area contributed by atoms with Crippen molar-refractivity contribution in [3.05, 3.63) is 9.81 Å². The van der Waals surface area contributed by atoms with Crippen molar-refractivity contribution in [3.63, 3.8) is 0 Å². The van der Waals surface area contributed by atoms with Crippen LogP contribution in [0, 0.1) is 10.8 Å². The molecule has 0 fully saturated rings. The molecule has 0 saturated heterocycles. The van der Waals surface area contributed by atoms with Gasteiger partial charge in [0.1, 0.15) is 0 Å². The number of hydrogen-bond donors (Lipinski definition) is 0. The molecule has 0 bridgehead atoms. The van der Waals surface area contributed by atoms with E-state index in [1.807, 2.05) is 0 Å². The van der Waals surface area contributed by atoms with E-state index in [2.05, 4.69) is 0 Å². The highest BCUT2D eigenvalue weighted by molar-refractivity contribution is 7.95. The molecule has 0 unspecified atom stereocenters. The fourth-order valence-corrected chi connectivity index (χ4v) is 6.44. The van der Waals surface area contributed by atoms with Gasteiger partial charge in [0.25, 0.3) is 20.2 Å². The Morgan fingerprint density at radius 1 is 0.778 bits per heavy atom. The van der Waals surface area contributed by atoms with Crippen LogP contribution in [0.4, 0.5) is 0 Å². The van der Waals surface area contributed by atoms with E-state index in [-0.39, 0.29) is 23.0 Å². The first-order valence-corrected chi connectivity index (χ1v) is 8.26. The zero-order valence-electron chi connectivity index (χ0n) is 10.7. The quantitative estimate of drug-likeness (QED) is 0.619. The maximum atomic E-state index is 12.0. The Labute approximate surface area is 107 Å². The first-order chi connectivity index (χ1) is 7.90. The summed E-state index contributed by atoms with van der Waals surface area (Å²) in [5.41, 5.74) is -1.84. The molecular weight excluding hydrogens is 280 g/mol. The van der Waals surface area contributed by atoms with Gasteiger partial charge in [0, 0.05) is 10.8 Å². The molecule has 0 aliphatic carbocycles. The molecule has 0 N–H and O–H groups in total. The van der Waals surface area contributed by atoms with Gasteiger partial charge in [-0.25, -0.2) is 0 Å². The zero-order valence-corrected chi connectivity index (χ0v) is 12.3. The second-order valence-electron chi connectivity index (χ2n) is 5.86. The molecule has 2 rings (SSSR count). The maximum absolute atomic E-state index is 12.0. The van der Waals surface area contributed by atoms with Crippen molar-refractivity contribution in [2.45, 2.75) is 27.7 Å². The lowest BCUT2D eigenvalue weighted by Gasteiger charge is -2.41. The van der Waals surface area contributed by atoms with Gasteiger partial charge in [0.2, 0.25) is 0 Å². The summed E-state index contributed by atoms with van der Waals surface area (Å²) in [6, 6.07) is 0. The van der Waals surface area contributed by atoms with Gasteiger partial charge in [0.15, 0.2) is 0 Å². The third kappa shape index (κ3) is 1.91. The van der Waals surface area contributed by atoms with E-state index in [1.54, 1.807) is 27.7 Å². The molecule has 0 atom stereocenters. The van der Waals surface area contributed by atoms with Gasteiger partial charge in [0.05, 0.1) is 23.0 Å². The first kappa shape index (κ1) is 14.0. The van der Waals surface area contributed by atoms with E-state index >= 15 is 0 Å². The average molecular weight is 296 g/mol. The third-order valence-electron chi connectivity index (χ3n) is 3.09. The molecule has 0 aromatic carbocycles. The first-order valence-electron chi connectivity index (χ1n) is 5.44. The summed E-state index contributed by atoms with van der Waals surface area (Å²) in [5, 5.41) is 0. The van der Waals surface area contributed by atoms with Gasteiger partial charge in [-0.2, -0.15) is 16.8 Å². The van der Waals surface area contributed by atoms with Gasteiger partial charge in [-0.3, -0.25) is 8.37 Å². The van der Waals surface area contributed by atoms with Crippen molar-refractivity contribution >= 4 is 20.2 Å². The van der Waals surface area contributed by atoms with Gasteiger partial charge < -0.3 is 0 Å². The minimum Gasteiger partial charge on any atom is -0.266 e. The van der Waals surface area contributed by atoms with E-state index in [0.717, 1.165) is 0 Å². The van der Waals surface area contributed by atoms with Crippen LogP contribution in [0.5, 0.6) is 0 Å². The predicted molar refractivity (Wildman–Crippen MR) is 64.3 cm³/mol. The average Bonchev–Trinajstić information content (AvgIpc) is 2.17. The van der Waals surface area contributed by atoms with Crippen molar-refractivity contribution in [1.29, 1.82) is 0 Å². The third-order valence-corrected chi connectivity index (χ3v) is 6.58. The second kappa shape index (κ2) is 3.56. The van der Waals surface area contributed by atoms with E-state index in [0.29, 0.717) is 0 Å². The molecule has 2 aliphatic heterocycles. The molecule has 0 radical (unpaired) electrons. The molecular formula is C10H16O6S2. The summed E-state index contributed by atoms with van der Waals surface area (Å²) in [6.45, 7) is 6.09. The van der Waals surface area contributed by atoms with Gasteiger partial charge in [-0.15, -0.1) is 0 Å². The minimum atomic E-state index is -4.01. The van der Waals surface area contributed by atoms with Crippen LogP contribution in [0.3, 0.4) is 0 Å². The molecule has 0 aromatic rings. The fraction of sp³-hybridized carbons (Fsp3) is 0.800. The van der Waals surface area contributed by atoms with Crippen LogP contribution in [-0.2, 0) is 28.6 Å². The Morgan fingerprint density at radius 2 is 1.06 bits per heavy atom. The van der Waals surface area contributed by atoms with Gasteiger partial charge >= 0.3 is 0 Å². The highest BCUT2D eigenvalue weighted by Gasteiger charge is 2.53. The van der Waals surface area contributed by atoms with E-state index in [4.69, 9.17) is 8.37 Å².